The molecule has 1 aromatic heterocycles. The van der Waals surface area contributed by atoms with Crippen LogP contribution >= 0.6 is 11.8 Å². The first kappa shape index (κ1) is 18.2. The smallest absolute Gasteiger partial charge is 0.416 e. The largest absolute Gasteiger partial charge is 0.465 e. The Kier molecular flexibility index (Phi) is 4.86. The van der Waals surface area contributed by atoms with E-state index in [1.54, 1.807) is 6.07 Å². The molecule has 0 aliphatic carbocycles. The minimum atomic E-state index is -1.24. The highest BCUT2D eigenvalue weighted by Crippen LogP contribution is 2.29. The first-order valence-electron chi connectivity index (χ1n) is 8.05. The van der Waals surface area contributed by atoms with Crippen LogP contribution in [0.2, 0.25) is 0 Å². The summed E-state index contributed by atoms with van der Waals surface area (Å²) in [5.74, 6) is 0.196. The number of nitrogens with zero attached hydrogens (tertiary/aromatic N) is 2. The number of Topliss-reactive ketones (excluding diaryl/α,β-unsaturated/α-hetero) is 1. The number of rotatable bonds is 4. The maximum atomic E-state index is 12.9. The lowest BCUT2D eigenvalue weighted by Gasteiger charge is -2.07. The van der Waals surface area contributed by atoms with Gasteiger partial charge in [0, 0.05) is 17.3 Å². The molecular formula is C18H18N2O5S. The van der Waals surface area contributed by atoms with E-state index < -0.39 is 12.1 Å². The Balaban J connectivity index is 2.09. The number of carbonyl (C=O) groups excluding carboxylic acids is 2. The number of methoxy groups -OCH3 is 1. The Hall–Kier alpha value is -2.61. The molecule has 2 heterocycles. The molecule has 0 radical (unpaired) electrons. The van der Waals surface area contributed by atoms with Gasteiger partial charge in [-0.1, -0.05) is 19.9 Å². The molecule has 7 nitrogen and oxygen atoms in total. The summed E-state index contributed by atoms with van der Waals surface area (Å²) in [7, 11) is 1.25. The molecule has 0 bridgehead atoms. The van der Waals surface area contributed by atoms with Gasteiger partial charge >= 0.3 is 12.1 Å². The molecule has 2 aromatic rings. The Bertz CT molecular complexity index is 944. The molecular weight excluding hydrogens is 356 g/mol. The summed E-state index contributed by atoms with van der Waals surface area (Å²) in [5.41, 5.74) is 0.731. The van der Waals surface area contributed by atoms with Gasteiger partial charge in [-0.2, -0.15) is 0 Å². The van der Waals surface area contributed by atoms with Gasteiger partial charge in [-0.3, -0.25) is 14.4 Å². The van der Waals surface area contributed by atoms with Crippen LogP contribution in [0.3, 0.4) is 0 Å². The lowest BCUT2D eigenvalue weighted by atomic mass is 10.1. The molecule has 0 amide bonds. The van der Waals surface area contributed by atoms with Gasteiger partial charge in [0.25, 0.3) is 0 Å². The zero-order valence-corrected chi connectivity index (χ0v) is 15.4. The molecule has 1 aliphatic heterocycles. The molecule has 136 valence electrons. The summed E-state index contributed by atoms with van der Waals surface area (Å²) in [6, 6.07) is 4.57. The second-order valence-corrected chi connectivity index (χ2v) is 7.31. The van der Waals surface area contributed by atoms with Crippen molar-refractivity contribution in [2.24, 2.45) is 10.9 Å². The average molecular weight is 374 g/mol. The van der Waals surface area contributed by atoms with E-state index in [1.807, 2.05) is 13.8 Å². The van der Waals surface area contributed by atoms with Gasteiger partial charge in [0.05, 0.1) is 29.8 Å². The normalized spacial score (nSPS) is 16.8. The lowest BCUT2D eigenvalue weighted by Crippen LogP contribution is -2.12. The van der Waals surface area contributed by atoms with Crippen molar-refractivity contribution in [3.63, 3.8) is 0 Å². The summed E-state index contributed by atoms with van der Waals surface area (Å²) >= 11 is 1.39. The summed E-state index contributed by atoms with van der Waals surface area (Å²) < 4.78 is 5.61. The van der Waals surface area contributed by atoms with Gasteiger partial charge in [0.2, 0.25) is 5.78 Å². The number of carbonyl (C=O) groups is 3. The maximum absolute atomic E-state index is 12.9. The van der Waals surface area contributed by atoms with Gasteiger partial charge in [0.15, 0.2) is 0 Å². The van der Waals surface area contributed by atoms with Gasteiger partial charge in [-0.15, -0.1) is 11.8 Å². The number of ether oxygens (including phenoxy) is 1. The van der Waals surface area contributed by atoms with Crippen molar-refractivity contribution in [3.8, 4) is 0 Å². The van der Waals surface area contributed by atoms with E-state index in [0.717, 1.165) is 10.3 Å². The highest BCUT2D eigenvalue weighted by molar-refractivity contribution is 8.16. The minimum absolute atomic E-state index is 0.0812. The Morgan fingerprint density at radius 1 is 1.35 bits per heavy atom. The second-order valence-electron chi connectivity index (χ2n) is 6.30. The number of hydrogen-bond donors (Lipinski definition) is 1. The average Bonchev–Trinajstić information content (AvgIpc) is 3.25. The van der Waals surface area contributed by atoms with Gasteiger partial charge in [-0.25, -0.2) is 9.59 Å². The fraction of sp³-hybridized carbons (Fsp3) is 0.333. The Morgan fingerprint density at radius 2 is 2.08 bits per heavy atom. The van der Waals surface area contributed by atoms with Crippen LogP contribution in [0.5, 0.6) is 0 Å². The molecule has 3 rings (SSSR count). The van der Waals surface area contributed by atoms with Crippen LogP contribution < -0.4 is 0 Å². The number of thioether (sulfide) groups is 1. The maximum Gasteiger partial charge on any atom is 0.416 e. The van der Waals surface area contributed by atoms with Crippen LogP contribution in [0.1, 0.15) is 34.6 Å². The third-order valence-corrected chi connectivity index (χ3v) is 5.39. The first-order chi connectivity index (χ1) is 12.3. The standard InChI is InChI=1S/C18H18N2O5S/c1-9(2)13-8-26-16(19-13)15(21)12-7-20(18(23)24)14-6-10(17(22)25-3)4-5-11(12)14/h4-7,9,13H,8H2,1-3H3,(H,23,24). The Labute approximate surface area is 154 Å². The minimum Gasteiger partial charge on any atom is -0.465 e. The number of ketones is 1. The predicted molar refractivity (Wildman–Crippen MR) is 99.5 cm³/mol. The van der Waals surface area contributed by atoms with Crippen molar-refractivity contribution in [1.82, 2.24) is 4.57 Å². The number of fused-ring (bicyclic) bond motifs is 1. The molecule has 8 heteroatoms. The molecule has 0 fully saturated rings. The van der Waals surface area contributed by atoms with E-state index in [2.05, 4.69) is 9.73 Å². The zero-order chi connectivity index (χ0) is 19.0. The van der Waals surface area contributed by atoms with Crippen LogP contribution in [0.15, 0.2) is 29.4 Å². The number of esters is 1. The SMILES string of the molecule is COC(=O)c1ccc2c(C(=O)C3=NC(C(C)C)CS3)cn(C(=O)O)c2c1. The molecule has 1 N–H and O–H groups in total. The van der Waals surface area contributed by atoms with Crippen LogP contribution in [0.25, 0.3) is 10.9 Å². The molecule has 0 spiro atoms. The molecule has 26 heavy (non-hydrogen) atoms. The lowest BCUT2D eigenvalue weighted by molar-refractivity contribution is 0.0600. The van der Waals surface area contributed by atoms with E-state index in [0.29, 0.717) is 16.3 Å². The van der Waals surface area contributed by atoms with Crippen molar-refractivity contribution in [3.05, 3.63) is 35.5 Å². The second kappa shape index (κ2) is 6.95. The topological polar surface area (TPSA) is 98.0 Å². The number of aliphatic imine (C=N–C) groups is 1. The highest BCUT2D eigenvalue weighted by Gasteiger charge is 2.29. The highest BCUT2D eigenvalue weighted by atomic mass is 32.2. The number of hydrogen-bond acceptors (Lipinski definition) is 6. The van der Waals surface area contributed by atoms with Crippen molar-refractivity contribution >= 4 is 45.6 Å². The number of benzene rings is 1. The predicted octanol–water partition coefficient (Wildman–Crippen LogP) is 3.31. The van der Waals surface area contributed by atoms with Crippen LogP contribution in [-0.4, -0.2) is 51.5 Å². The third kappa shape index (κ3) is 3.12. The monoisotopic (exact) mass is 374 g/mol. The molecule has 1 atom stereocenters. The van der Waals surface area contributed by atoms with Gasteiger partial charge in [-0.05, 0) is 18.1 Å². The van der Waals surface area contributed by atoms with Gasteiger partial charge in [0.1, 0.15) is 5.04 Å². The summed E-state index contributed by atoms with van der Waals surface area (Å²) in [5, 5.41) is 10.3. The summed E-state index contributed by atoms with van der Waals surface area (Å²) in [4.78, 5) is 40.7. The molecule has 1 aromatic carbocycles. The van der Waals surface area contributed by atoms with E-state index in [1.165, 1.54) is 37.2 Å². The molecule has 0 saturated carbocycles. The van der Waals surface area contributed by atoms with Crippen molar-refractivity contribution in [2.75, 3.05) is 12.9 Å². The molecule has 1 unspecified atom stereocenters. The van der Waals surface area contributed by atoms with Crippen LogP contribution in [-0.2, 0) is 4.74 Å². The molecule has 0 saturated heterocycles. The van der Waals surface area contributed by atoms with Crippen molar-refractivity contribution in [2.45, 2.75) is 19.9 Å². The fourth-order valence-electron chi connectivity index (χ4n) is 2.78. The molecule has 1 aliphatic rings. The first-order valence-corrected chi connectivity index (χ1v) is 9.04. The van der Waals surface area contributed by atoms with Crippen molar-refractivity contribution < 1.29 is 24.2 Å². The third-order valence-electron chi connectivity index (χ3n) is 4.32. The van der Waals surface area contributed by atoms with Gasteiger partial charge < -0.3 is 9.84 Å². The quantitative estimate of drug-likeness (QED) is 0.651. The summed E-state index contributed by atoms with van der Waals surface area (Å²) in [6.45, 7) is 4.10. The number of aromatic nitrogens is 1. The van der Waals surface area contributed by atoms with E-state index in [-0.39, 0.29) is 28.5 Å². The fourth-order valence-corrected chi connectivity index (χ4v) is 4.02. The van der Waals surface area contributed by atoms with E-state index in [4.69, 9.17) is 0 Å². The zero-order valence-electron chi connectivity index (χ0n) is 14.6. The van der Waals surface area contributed by atoms with E-state index >= 15 is 0 Å². The summed E-state index contributed by atoms with van der Waals surface area (Å²) in [6.07, 6.45) is 0.0412. The van der Waals surface area contributed by atoms with E-state index in [9.17, 15) is 19.5 Å². The van der Waals surface area contributed by atoms with Crippen LogP contribution in [0, 0.1) is 5.92 Å². The number of carboxylic acid groups (broad SMARTS) is 1. The van der Waals surface area contributed by atoms with Crippen molar-refractivity contribution in [1.29, 1.82) is 0 Å². The Morgan fingerprint density at radius 3 is 2.65 bits per heavy atom. The van der Waals surface area contributed by atoms with Crippen LogP contribution in [0.4, 0.5) is 4.79 Å².